The summed E-state index contributed by atoms with van der Waals surface area (Å²) in [5, 5.41) is 1.52. The minimum absolute atomic E-state index is 0.259. The zero-order valence-electron chi connectivity index (χ0n) is 7.31. The highest BCUT2D eigenvalue weighted by molar-refractivity contribution is 6.42. The molecule has 0 rings (SSSR count). The zero-order valence-corrected chi connectivity index (χ0v) is 10.7. The van der Waals surface area contributed by atoms with Crippen LogP contribution in [0.2, 0.25) is 0 Å². The first kappa shape index (κ1) is 10.1. The molecule has 0 aliphatic carbocycles. The Morgan fingerprint density at radius 3 is 2.90 bits per heavy atom. The monoisotopic (exact) mass is 174 g/mol. The molecule has 0 aliphatic heterocycles. The molecule has 0 aromatic heterocycles. The summed E-state index contributed by atoms with van der Waals surface area (Å²) in [7, 11) is 0.658. The predicted octanol–water partition coefficient (Wildman–Crippen LogP) is 0.461. The highest BCUT2D eigenvalue weighted by Crippen LogP contribution is 1.99. The van der Waals surface area contributed by atoms with Crippen molar-refractivity contribution >= 4 is 20.2 Å². The normalized spacial score (nSPS) is 13.6. The van der Waals surface area contributed by atoms with E-state index in [2.05, 4.69) is 19.9 Å². The Bertz CT molecular complexity index is 102. The molecule has 0 heterocycles. The molecule has 0 amide bonds. The Kier molecular flexibility index (Phi) is 7.34. The number of rotatable bonds is 5. The van der Waals surface area contributed by atoms with Crippen LogP contribution in [-0.4, -0.2) is 20.2 Å². The van der Waals surface area contributed by atoms with Crippen LogP contribution in [0.4, 0.5) is 0 Å². The molecule has 0 aromatic rings. The molecule has 0 radical (unpaired) electrons. The van der Waals surface area contributed by atoms with Crippen LogP contribution in [0.15, 0.2) is 11.3 Å². The van der Waals surface area contributed by atoms with E-state index < -0.39 is 0 Å². The van der Waals surface area contributed by atoms with Crippen LogP contribution in [0, 0.1) is 0 Å². The summed E-state index contributed by atoms with van der Waals surface area (Å²) in [6.07, 6.45) is 6.22. The van der Waals surface area contributed by atoms with Crippen molar-refractivity contribution in [2.24, 2.45) is 0 Å². The molecule has 1 nitrogen and oxygen atoms in total. The molecular formula is C7H18OSi2. The van der Waals surface area contributed by atoms with E-state index in [9.17, 15) is 0 Å². The number of hydrogen-bond donors (Lipinski definition) is 0. The van der Waals surface area contributed by atoms with Crippen LogP contribution in [0.5, 0.6) is 0 Å². The van der Waals surface area contributed by atoms with Crippen LogP contribution >= 0.6 is 0 Å². The van der Waals surface area contributed by atoms with E-state index in [0.29, 0.717) is 0 Å². The fourth-order valence-corrected chi connectivity index (χ4v) is 2.98. The van der Waals surface area contributed by atoms with Crippen molar-refractivity contribution in [1.29, 1.82) is 0 Å². The Morgan fingerprint density at radius 2 is 2.40 bits per heavy atom. The van der Waals surface area contributed by atoms with Gasteiger partial charge < -0.3 is 4.12 Å². The Labute approximate surface area is 69.3 Å². The van der Waals surface area contributed by atoms with Gasteiger partial charge in [0.1, 0.15) is 10.5 Å². The highest BCUT2D eigenvalue weighted by Gasteiger charge is 1.86. The minimum Gasteiger partial charge on any atom is -0.465 e. The summed E-state index contributed by atoms with van der Waals surface area (Å²) in [6.45, 7) is 4.42. The second-order valence-corrected chi connectivity index (χ2v) is 6.34. The molecule has 0 fully saturated rings. The first-order valence-corrected chi connectivity index (χ1v) is 6.06. The average molecular weight is 174 g/mol. The van der Waals surface area contributed by atoms with Gasteiger partial charge in [0.05, 0.1) is 0 Å². The maximum absolute atomic E-state index is 5.24. The van der Waals surface area contributed by atoms with Crippen molar-refractivity contribution in [2.75, 3.05) is 0 Å². The van der Waals surface area contributed by atoms with Gasteiger partial charge in [0.2, 0.25) is 0 Å². The highest BCUT2D eigenvalue weighted by atomic mass is 28.3. The topological polar surface area (TPSA) is 9.23 Å². The molecule has 3 heteroatoms. The van der Waals surface area contributed by atoms with Crippen molar-refractivity contribution < 1.29 is 4.12 Å². The molecule has 0 bridgehead atoms. The first-order chi connectivity index (χ1) is 4.81. The second-order valence-electron chi connectivity index (χ2n) is 2.63. The van der Waals surface area contributed by atoms with E-state index in [1.165, 1.54) is 24.5 Å². The standard InChI is InChI=1S/C7H18OSi2/c1-3-4-5-6-7(2)10-8-9/h6H,3-5,10H2,1-2,9H3. The first-order valence-electron chi connectivity index (χ1n) is 3.95. The zero-order chi connectivity index (χ0) is 7.82. The third-order valence-electron chi connectivity index (χ3n) is 1.42. The maximum Gasteiger partial charge on any atom is 0.173 e. The molecule has 0 aromatic carbocycles. The summed E-state index contributed by atoms with van der Waals surface area (Å²) < 4.78 is 5.24. The van der Waals surface area contributed by atoms with Gasteiger partial charge in [-0.1, -0.05) is 31.0 Å². The molecule has 0 saturated heterocycles. The van der Waals surface area contributed by atoms with Gasteiger partial charge in [-0.2, -0.15) is 0 Å². The van der Waals surface area contributed by atoms with E-state index >= 15 is 0 Å². The lowest BCUT2D eigenvalue weighted by molar-refractivity contribution is 0.670. The fourth-order valence-electron chi connectivity index (χ4n) is 0.839. The quantitative estimate of drug-likeness (QED) is 0.435. The number of allylic oxidation sites excluding steroid dienone is 2. The van der Waals surface area contributed by atoms with Gasteiger partial charge in [0.15, 0.2) is 9.76 Å². The second kappa shape index (κ2) is 7.24. The fraction of sp³-hybridized carbons (Fsp3) is 0.714. The molecule has 0 saturated carbocycles. The van der Waals surface area contributed by atoms with Gasteiger partial charge >= 0.3 is 0 Å². The van der Waals surface area contributed by atoms with Crippen molar-refractivity contribution in [3.05, 3.63) is 11.3 Å². The molecule has 60 valence electrons. The van der Waals surface area contributed by atoms with E-state index in [-0.39, 0.29) is 9.76 Å². The lowest BCUT2D eigenvalue weighted by Gasteiger charge is -1.97. The van der Waals surface area contributed by atoms with Crippen molar-refractivity contribution in [3.8, 4) is 0 Å². The summed E-state index contributed by atoms with van der Waals surface area (Å²) in [5.41, 5.74) is 0. The SMILES string of the molecule is CCCCC=C(C)[SiH2]O[SiH3]. The van der Waals surface area contributed by atoms with Crippen LogP contribution in [0.25, 0.3) is 0 Å². The van der Waals surface area contributed by atoms with Crippen molar-refractivity contribution in [2.45, 2.75) is 33.1 Å². The van der Waals surface area contributed by atoms with Gasteiger partial charge in [-0.05, 0) is 13.3 Å². The largest absolute Gasteiger partial charge is 0.465 e. The molecule has 10 heavy (non-hydrogen) atoms. The van der Waals surface area contributed by atoms with E-state index in [1.807, 2.05) is 0 Å². The number of unbranched alkanes of at least 4 members (excludes halogenated alkanes) is 2. The molecule has 0 N–H and O–H groups in total. The van der Waals surface area contributed by atoms with Crippen molar-refractivity contribution in [1.82, 2.24) is 0 Å². The Hall–Kier alpha value is 0.134. The Balaban J connectivity index is 3.28. The van der Waals surface area contributed by atoms with E-state index in [0.717, 1.165) is 10.5 Å². The summed E-state index contributed by atoms with van der Waals surface area (Å²) in [4.78, 5) is 0. The summed E-state index contributed by atoms with van der Waals surface area (Å²) in [6, 6.07) is 0. The molecule has 0 unspecified atom stereocenters. The van der Waals surface area contributed by atoms with E-state index in [4.69, 9.17) is 4.12 Å². The third-order valence-corrected chi connectivity index (χ3v) is 3.32. The van der Waals surface area contributed by atoms with Crippen molar-refractivity contribution in [3.63, 3.8) is 0 Å². The lowest BCUT2D eigenvalue weighted by atomic mass is 10.2. The maximum atomic E-state index is 5.24. The molecule has 0 aliphatic rings. The average Bonchev–Trinajstić information content (AvgIpc) is 1.89. The van der Waals surface area contributed by atoms with Crippen LogP contribution in [-0.2, 0) is 4.12 Å². The summed E-state index contributed by atoms with van der Waals surface area (Å²) >= 11 is 0. The van der Waals surface area contributed by atoms with Crippen LogP contribution < -0.4 is 0 Å². The third kappa shape index (κ3) is 6.26. The molecular weight excluding hydrogens is 156 g/mol. The molecule has 0 spiro atoms. The lowest BCUT2D eigenvalue weighted by Crippen LogP contribution is -1.96. The van der Waals surface area contributed by atoms with Gasteiger partial charge in [0.25, 0.3) is 0 Å². The van der Waals surface area contributed by atoms with Crippen LogP contribution in [0.3, 0.4) is 0 Å². The van der Waals surface area contributed by atoms with Gasteiger partial charge in [-0.25, -0.2) is 0 Å². The van der Waals surface area contributed by atoms with Gasteiger partial charge in [0, 0.05) is 0 Å². The molecule has 0 atom stereocenters. The summed E-state index contributed by atoms with van der Waals surface area (Å²) in [5.74, 6) is 0. The van der Waals surface area contributed by atoms with Gasteiger partial charge in [-0.15, -0.1) is 0 Å². The smallest absolute Gasteiger partial charge is 0.173 e. The van der Waals surface area contributed by atoms with E-state index in [1.54, 1.807) is 0 Å². The Morgan fingerprint density at radius 1 is 1.70 bits per heavy atom. The van der Waals surface area contributed by atoms with Crippen LogP contribution in [0.1, 0.15) is 33.1 Å². The minimum atomic E-state index is -0.259. The predicted molar refractivity (Wildman–Crippen MR) is 52.9 cm³/mol. The number of hydrogen-bond acceptors (Lipinski definition) is 1. The van der Waals surface area contributed by atoms with Gasteiger partial charge in [-0.3, -0.25) is 0 Å².